The molecule has 0 aliphatic heterocycles. The van der Waals surface area contributed by atoms with Crippen molar-refractivity contribution in [1.29, 1.82) is 0 Å². The molecule has 1 N–H and O–H groups in total. The Bertz CT molecular complexity index is 711. The summed E-state index contributed by atoms with van der Waals surface area (Å²) >= 11 is 1.82. The van der Waals surface area contributed by atoms with E-state index in [9.17, 15) is 4.79 Å². The molecule has 25 heavy (non-hydrogen) atoms. The van der Waals surface area contributed by atoms with Crippen molar-refractivity contribution in [2.75, 3.05) is 18.9 Å². The molecule has 0 unspecified atom stereocenters. The number of benzene rings is 2. The van der Waals surface area contributed by atoms with Gasteiger partial charge >= 0.3 is 0 Å². The Morgan fingerprint density at radius 3 is 2.48 bits per heavy atom. The van der Waals surface area contributed by atoms with Gasteiger partial charge in [-0.25, -0.2) is 0 Å². The zero-order valence-corrected chi connectivity index (χ0v) is 16.3. The molecule has 0 aromatic heterocycles. The number of aryl methyl sites for hydroxylation is 3. The van der Waals surface area contributed by atoms with Gasteiger partial charge in [-0.1, -0.05) is 35.9 Å². The van der Waals surface area contributed by atoms with Gasteiger partial charge in [0.15, 0.2) is 6.61 Å². The molecule has 0 saturated heterocycles. The normalized spacial score (nSPS) is 10.6. The lowest BCUT2D eigenvalue weighted by Gasteiger charge is -2.12. The molecule has 134 valence electrons. The second-order valence-corrected chi connectivity index (χ2v) is 7.49. The first-order valence-electron chi connectivity index (χ1n) is 8.56. The monoisotopic (exact) mass is 357 g/mol. The minimum Gasteiger partial charge on any atom is -0.483 e. The van der Waals surface area contributed by atoms with E-state index in [0.717, 1.165) is 28.4 Å². The standard InChI is InChI=1S/C21H27NO2S/c1-15-5-7-19(8-6-15)14-25-10-9-22-21(23)13-24-20-12-16(2)11-17(3)18(20)4/h5-8,11-12H,9-10,13-14H2,1-4H3,(H,22,23). The predicted molar refractivity (Wildman–Crippen MR) is 106 cm³/mol. The fraction of sp³-hybridized carbons (Fsp3) is 0.381. The van der Waals surface area contributed by atoms with Crippen molar-refractivity contribution >= 4 is 17.7 Å². The van der Waals surface area contributed by atoms with Crippen molar-refractivity contribution in [3.05, 3.63) is 64.2 Å². The zero-order chi connectivity index (χ0) is 18.2. The Hall–Kier alpha value is -1.94. The maximum Gasteiger partial charge on any atom is 0.257 e. The highest BCUT2D eigenvalue weighted by atomic mass is 32.2. The smallest absolute Gasteiger partial charge is 0.257 e. The summed E-state index contributed by atoms with van der Waals surface area (Å²) in [6, 6.07) is 12.7. The highest BCUT2D eigenvalue weighted by molar-refractivity contribution is 7.98. The van der Waals surface area contributed by atoms with Crippen LogP contribution in [-0.4, -0.2) is 24.8 Å². The molecular weight excluding hydrogens is 330 g/mol. The van der Waals surface area contributed by atoms with Gasteiger partial charge in [-0.3, -0.25) is 4.79 Å². The van der Waals surface area contributed by atoms with Crippen molar-refractivity contribution in [2.24, 2.45) is 0 Å². The topological polar surface area (TPSA) is 38.3 Å². The lowest BCUT2D eigenvalue weighted by Crippen LogP contribution is -2.30. The van der Waals surface area contributed by atoms with Crippen molar-refractivity contribution in [1.82, 2.24) is 5.32 Å². The SMILES string of the molecule is Cc1ccc(CSCCNC(=O)COc2cc(C)cc(C)c2C)cc1. The summed E-state index contributed by atoms with van der Waals surface area (Å²) in [5.41, 5.74) is 6.01. The van der Waals surface area contributed by atoms with Gasteiger partial charge in [-0.15, -0.1) is 0 Å². The van der Waals surface area contributed by atoms with Gasteiger partial charge in [-0.2, -0.15) is 11.8 Å². The van der Waals surface area contributed by atoms with E-state index in [4.69, 9.17) is 4.74 Å². The zero-order valence-electron chi connectivity index (χ0n) is 15.5. The lowest BCUT2D eigenvalue weighted by atomic mass is 10.1. The van der Waals surface area contributed by atoms with Crippen LogP contribution in [0.2, 0.25) is 0 Å². The van der Waals surface area contributed by atoms with Gasteiger partial charge in [0.2, 0.25) is 0 Å². The van der Waals surface area contributed by atoms with E-state index in [-0.39, 0.29) is 12.5 Å². The maximum absolute atomic E-state index is 11.9. The molecule has 2 aromatic rings. The van der Waals surface area contributed by atoms with Crippen LogP contribution in [0.15, 0.2) is 36.4 Å². The molecule has 4 heteroatoms. The average Bonchev–Trinajstić information content (AvgIpc) is 2.58. The summed E-state index contributed by atoms with van der Waals surface area (Å²) in [6.07, 6.45) is 0. The Labute approximate surface area is 155 Å². The third kappa shape index (κ3) is 6.46. The molecule has 0 saturated carbocycles. The molecule has 2 aromatic carbocycles. The van der Waals surface area contributed by atoms with Crippen molar-refractivity contribution in [3.63, 3.8) is 0 Å². The number of carbonyl (C=O) groups excluding carboxylic acids is 1. The largest absolute Gasteiger partial charge is 0.483 e. The third-order valence-electron chi connectivity index (χ3n) is 4.08. The van der Waals surface area contributed by atoms with Crippen LogP contribution in [0.4, 0.5) is 0 Å². The van der Waals surface area contributed by atoms with Gasteiger partial charge in [0, 0.05) is 18.1 Å². The van der Waals surface area contributed by atoms with Gasteiger partial charge in [0.05, 0.1) is 0 Å². The van der Waals surface area contributed by atoms with Gasteiger partial charge < -0.3 is 10.1 Å². The van der Waals surface area contributed by atoms with E-state index < -0.39 is 0 Å². The van der Waals surface area contributed by atoms with Crippen molar-refractivity contribution < 1.29 is 9.53 Å². The molecule has 0 radical (unpaired) electrons. The number of amides is 1. The van der Waals surface area contributed by atoms with Crippen molar-refractivity contribution in [2.45, 2.75) is 33.4 Å². The van der Waals surface area contributed by atoms with Gasteiger partial charge in [0.1, 0.15) is 5.75 Å². The van der Waals surface area contributed by atoms with Crippen LogP contribution < -0.4 is 10.1 Å². The van der Waals surface area contributed by atoms with E-state index in [1.165, 1.54) is 16.7 Å². The number of rotatable bonds is 8. The molecule has 3 nitrogen and oxygen atoms in total. The summed E-state index contributed by atoms with van der Waals surface area (Å²) in [4.78, 5) is 11.9. The first-order chi connectivity index (χ1) is 12.0. The first-order valence-corrected chi connectivity index (χ1v) is 9.72. The average molecular weight is 358 g/mol. The van der Waals surface area contributed by atoms with E-state index in [1.807, 2.05) is 31.7 Å². The lowest BCUT2D eigenvalue weighted by molar-refractivity contribution is -0.122. The van der Waals surface area contributed by atoms with Crippen LogP contribution >= 0.6 is 11.8 Å². The number of nitrogens with one attached hydrogen (secondary N) is 1. The fourth-order valence-electron chi connectivity index (χ4n) is 2.48. The van der Waals surface area contributed by atoms with E-state index >= 15 is 0 Å². The number of thioether (sulfide) groups is 1. The van der Waals surface area contributed by atoms with Gasteiger partial charge in [-0.05, 0) is 56.0 Å². The molecule has 0 spiro atoms. The van der Waals surface area contributed by atoms with Gasteiger partial charge in [0.25, 0.3) is 5.91 Å². The Balaban J connectivity index is 1.65. The molecule has 0 bridgehead atoms. The molecule has 1 amide bonds. The second-order valence-electron chi connectivity index (χ2n) is 6.38. The molecule has 0 atom stereocenters. The van der Waals surface area contributed by atoms with E-state index in [0.29, 0.717) is 6.54 Å². The summed E-state index contributed by atoms with van der Waals surface area (Å²) in [7, 11) is 0. The summed E-state index contributed by atoms with van der Waals surface area (Å²) < 4.78 is 5.68. The van der Waals surface area contributed by atoms with Crippen LogP contribution in [0.5, 0.6) is 5.75 Å². The summed E-state index contributed by atoms with van der Waals surface area (Å²) in [6.45, 7) is 8.92. The number of ether oxygens (including phenoxy) is 1. The van der Waals surface area contributed by atoms with Crippen LogP contribution in [-0.2, 0) is 10.5 Å². The summed E-state index contributed by atoms with van der Waals surface area (Å²) in [5.74, 6) is 2.58. The highest BCUT2D eigenvalue weighted by Gasteiger charge is 2.07. The van der Waals surface area contributed by atoms with E-state index in [1.54, 1.807) is 0 Å². The number of carbonyl (C=O) groups is 1. The number of hydrogen-bond acceptors (Lipinski definition) is 3. The minimum atomic E-state index is -0.0745. The quantitative estimate of drug-likeness (QED) is 0.714. The predicted octanol–water partition coefficient (Wildman–Crippen LogP) is 4.35. The second kappa shape index (κ2) is 9.52. The maximum atomic E-state index is 11.9. The highest BCUT2D eigenvalue weighted by Crippen LogP contribution is 2.23. The molecule has 0 heterocycles. The van der Waals surface area contributed by atoms with Crippen LogP contribution in [0.3, 0.4) is 0 Å². The molecule has 0 fully saturated rings. The van der Waals surface area contributed by atoms with Crippen molar-refractivity contribution in [3.8, 4) is 5.75 Å². The third-order valence-corrected chi connectivity index (χ3v) is 5.11. The summed E-state index contributed by atoms with van der Waals surface area (Å²) in [5, 5.41) is 2.91. The Morgan fingerprint density at radius 2 is 1.76 bits per heavy atom. The molecular formula is C21H27NO2S. The van der Waals surface area contributed by atoms with E-state index in [2.05, 4.69) is 49.5 Å². The Kier molecular flexibility index (Phi) is 7.38. The molecule has 2 rings (SSSR count). The fourth-order valence-corrected chi connectivity index (χ4v) is 3.30. The first kappa shape index (κ1) is 19.4. The Morgan fingerprint density at radius 1 is 1.04 bits per heavy atom. The minimum absolute atomic E-state index is 0.0619. The van der Waals surface area contributed by atoms with Crippen LogP contribution in [0.1, 0.15) is 27.8 Å². The molecule has 0 aliphatic carbocycles. The van der Waals surface area contributed by atoms with Crippen LogP contribution in [0.25, 0.3) is 0 Å². The van der Waals surface area contributed by atoms with Crippen LogP contribution in [0, 0.1) is 27.7 Å². The molecule has 0 aliphatic rings. The number of hydrogen-bond donors (Lipinski definition) is 1.